The Labute approximate surface area is 78.4 Å². The van der Waals surface area contributed by atoms with Crippen molar-refractivity contribution in [3.8, 4) is 0 Å². The van der Waals surface area contributed by atoms with Crippen LogP contribution in [0.1, 0.15) is 37.9 Å². The molecule has 0 aromatic carbocycles. The number of aliphatic hydroxyl groups is 1. The van der Waals surface area contributed by atoms with Crippen LogP contribution in [0.15, 0.2) is 12.3 Å². The maximum absolute atomic E-state index is 9.87. The molecule has 13 heavy (non-hydrogen) atoms. The second-order valence-corrected chi connectivity index (χ2v) is 3.94. The van der Waals surface area contributed by atoms with E-state index in [-0.39, 0.29) is 0 Å². The molecule has 0 amide bonds. The highest BCUT2D eigenvalue weighted by Gasteiger charge is 2.28. The van der Waals surface area contributed by atoms with Gasteiger partial charge in [-0.15, -0.1) is 0 Å². The molecular weight excluding hydrogens is 164 g/mol. The lowest BCUT2D eigenvalue weighted by Gasteiger charge is -2.17. The van der Waals surface area contributed by atoms with E-state index in [0.29, 0.717) is 12.5 Å². The Kier molecular flexibility index (Phi) is 1.91. The normalized spacial score (nSPS) is 21.5. The Bertz CT molecular complexity index is 300. The van der Waals surface area contributed by atoms with Gasteiger partial charge in [-0.1, -0.05) is 6.92 Å². The molecule has 1 heterocycles. The van der Waals surface area contributed by atoms with Crippen LogP contribution in [0.3, 0.4) is 0 Å². The fourth-order valence-corrected chi connectivity index (χ4v) is 1.30. The van der Waals surface area contributed by atoms with E-state index in [1.807, 2.05) is 16.9 Å². The average molecular weight is 179 g/mol. The van der Waals surface area contributed by atoms with Crippen molar-refractivity contribution in [2.75, 3.05) is 0 Å². The van der Waals surface area contributed by atoms with Gasteiger partial charge in [0.05, 0.1) is 11.7 Å². The monoisotopic (exact) mass is 179 g/mol. The zero-order chi connectivity index (χ0) is 9.47. The fraction of sp³-hybridized carbons (Fsp3) is 0.600. The number of nitrogens with zero attached hydrogens (tertiary/aromatic N) is 2. The van der Waals surface area contributed by atoms with Crippen LogP contribution in [-0.4, -0.2) is 14.9 Å². The summed E-state index contributed by atoms with van der Waals surface area (Å²) in [6.45, 7) is 5.45. The third kappa shape index (κ3) is 1.61. The van der Waals surface area contributed by atoms with E-state index in [2.05, 4.69) is 12.0 Å². The van der Waals surface area contributed by atoms with Crippen molar-refractivity contribution in [3.05, 3.63) is 24.9 Å². The molecule has 0 aliphatic heterocycles. The largest absolute Gasteiger partial charge is 0.384 e. The van der Waals surface area contributed by atoms with E-state index >= 15 is 0 Å². The molecule has 1 unspecified atom stereocenters. The van der Waals surface area contributed by atoms with Crippen molar-refractivity contribution in [2.24, 2.45) is 0 Å². The Morgan fingerprint density at radius 3 is 3.00 bits per heavy atom. The zero-order valence-electron chi connectivity index (χ0n) is 7.90. The van der Waals surface area contributed by atoms with E-state index < -0.39 is 5.60 Å². The van der Waals surface area contributed by atoms with Gasteiger partial charge in [0.2, 0.25) is 0 Å². The summed E-state index contributed by atoms with van der Waals surface area (Å²) in [6, 6.07) is 2.46. The second-order valence-electron chi connectivity index (χ2n) is 3.94. The van der Waals surface area contributed by atoms with E-state index in [1.54, 1.807) is 6.92 Å². The van der Waals surface area contributed by atoms with Gasteiger partial charge in [0.15, 0.2) is 0 Å². The molecule has 1 radical (unpaired) electrons. The third-order valence-corrected chi connectivity index (χ3v) is 2.57. The molecular formula is C10H15N2O. The Hall–Kier alpha value is -0.830. The highest BCUT2D eigenvalue weighted by molar-refractivity contribution is 5.10. The minimum absolute atomic E-state index is 0.453. The topological polar surface area (TPSA) is 38.0 Å². The predicted molar refractivity (Wildman–Crippen MR) is 50.0 cm³/mol. The van der Waals surface area contributed by atoms with Crippen LogP contribution < -0.4 is 0 Å². The second kappa shape index (κ2) is 2.84. The maximum atomic E-state index is 9.87. The molecule has 1 saturated carbocycles. The molecule has 0 saturated heterocycles. The summed E-state index contributed by atoms with van der Waals surface area (Å²) in [6.07, 6.45) is 4.83. The molecule has 0 bridgehead atoms. The molecule has 0 spiro atoms. The summed E-state index contributed by atoms with van der Waals surface area (Å²) in [5.41, 5.74) is -0.144. The summed E-state index contributed by atoms with van der Waals surface area (Å²) >= 11 is 0. The first-order valence-corrected chi connectivity index (χ1v) is 4.71. The molecule has 1 aliphatic rings. The van der Waals surface area contributed by atoms with Crippen molar-refractivity contribution >= 4 is 0 Å². The molecule has 3 heteroatoms. The number of aromatic nitrogens is 2. The molecule has 1 atom stereocenters. The van der Waals surface area contributed by atoms with Gasteiger partial charge in [0.1, 0.15) is 5.60 Å². The van der Waals surface area contributed by atoms with Gasteiger partial charge in [0, 0.05) is 6.20 Å². The molecule has 3 nitrogen and oxygen atoms in total. The molecule has 1 aliphatic carbocycles. The van der Waals surface area contributed by atoms with Crippen molar-refractivity contribution in [1.29, 1.82) is 0 Å². The van der Waals surface area contributed by atoms with Crippen molar-refractivity contribution in [1.82, 2.24) is 9.78 Å². The van der Waals surface area contributed by atoms with E-state index in [1.165, 1.54) is 12.8 Å². The van der Waals surface area contributed by atoms with E-state index in [9.17, 15) is 5.11 Å². The highest BCUT2D eigenvalue weighted by Crippen LogP contribution is 2.35. The maximum Gasteiger partial charge on any atom is 0.106 e. The number of hydrogen-bond donors (Lipinski definition) is 1. The minimum atomic E-state index is -0.875. The first kappa shape index (κ1) is 8.75. The number of rotatable bonds is 3. The Morgan fingerprint density at radius 1 is 1.77 bits per heavy atom. The van der Waals surface area contributed by atoms with Crippen molar-refractivity contribution in [2.45, 2.75) is 37.8 Å². The Morgan fingerprint density at radius 2 is 2.46 bits per heavy atom. The summed E-state index contributed by atoms with van der Waals surface area (Å²) in [5, 5.41) is 14.2. The van der Waals surface area contributed by atoms with Crippen molar-refractivity contribution < 1.29 is 5.11 Å². The zero-order valence-corrected chi connectivity index (χ0v) is 7.90. The van der Waals surface area contributed by atoms with Crippen LogP contribution in [0.2, 0.25) is 0 Å². The van der Waals surface area contributed by atoms with Gasteiger partial charge in [-0.2, -0.15) is 5.10 Å². The quantitative estimate of drug-likeness (QED) is 0.766. The SMILES string of the molecule is [CH2]CC(C)(O)c1ccn(C2CC2)n1. The van der Waals surface area contributed by atoms with Crippen LogP contribution in [0.4, 0.5) is 0 Å². The minimum Gasteiger partial charge on any atom is -0.384 e. The lowest BCUT2D eigenvalue weighted by atomic mass is 10.00. The van der Waals surface area contributed by atoms with E-state index in [4.69, 9.17) is 0 Å². The lowest BCUT2D eigenvalue weighted by Crippen LogP contribution is -2.20. The predicted octanol–water partition coefficient (Wildman–Crippen LogP) is 1.65. The van der Waals surface area contributed by atoms with Gasteiger partial charge in [-0.3, -0.25) is 4.68 Å². The smallest absolute Gasteiger partial charge is 0.106 e. The molecule has 1 aromatic heterocycles. The Balaban J connectivity index is 2.20. The summed E-state index contributed by atoms with van der Waals surface area (Å²) < 4.78 is 1.94. The molecule has 1 fully saturated rings. The van der Waals surface area contributed by atoms with Gasteiger partial charge < -0.3 is 5.11 Å². The highest BCUT2D eigenvalue weighted by atomic mass is 16.3. The van der Waals surface area contributed by atoms with E-state index in [0.717, 1.165) is 5.69 Å². The first-order valence-electron chi connectivity index (χ1n) is 4.71. The summed E-state index contributed by atoms with van der Waals surface area (Å²) in [4.78, 5) is 0. The van der Waals surface area contributed by atoms with Crippen LogP contribution in [-0.2, 0) is 5.60 Å². The van der Waals surface area contributed by atoms with Gasteiger partial charge >= 0.3 is 0 Å². The number of hydrogen-bond acceptors (Lipinski definition) is 2. The standard InChI is InChI=1S/C10H15N2O/c1-3-10(2,13)9-6-7-12(11-9)8-4-5-8/h6-8,13H,1,3-5H2,2H3. The lowest BCUT2D eigenvalue weighted by molar-refractivity contribution is 0.0544. The van der Waals surface area contributed by atoms with Gasteiger partial charge in [0.25, 0.3) is 0 Å². The van der Waals surface area contributed by atoms with Crippen LogP contribution >= 0.6 is 0 Å². The van der Waals surface area contributed by atoms with Gasteiger partial charge in [-0.05, 0) is 32.3 Å². The fourth-order valence-electron chi connectivity index (χ4n) is 1.30. The van der Waals surface area contributed by atoms with Gasteiger partial charge in [-0.25, -0.2) is 0 Å². The summed E-state index contributed by atoms with van der Waals surface area (Å²) in [5.74, 6) is 0. The van der Waals surface area contributed by atoms with Crippen LogP contribution in [0.25, 0.3) is 0 Å². The average Bonchev–Trinajstić information content (AvgIpc) is 2.83. The van der Waals surface area contributed by atoms with Crippen LogP contribution in [0, 0.1) is 6.92 Å². The molecule has 2 rings (SSSR count). The third-order valence-electron chi connectivity index (χ3n) is 2.57. The van der Waals surface area contributed by atoms with Crippen LogP contribution in [0.5, 0.6) is 0 Å². The molecule has 1 N–H and O–H groups in total. The summed E-state index contributed by atoms with van der Waals surface area (Å²) in [7, 11) is 0. The molecule has 71 valence electrons. The molecule has 1 aromatic rings. The first-order chi connectivity index (χ1) is 6.13. The van der Waals surface area contributed by atoms with Crippen molar-refractivity contribution in [3.63, 3.8) is 0 Å².